The molecule has 0 fully saturated rings. The Morgan fingerprint density at radius 2 is 1.48 bits per heavy atom. The van der Waals surface area contributed by atoms with Gasteiger partial charge in [0.2, 0.25) is 0 Å². The fraction of sp³-hybridized carbons (Fsp3) is 0.684. The van der Waals surface area contributed by atoms with Crippen molar-refractivity contribution in [1.82, 2.24) is 10.2 Å². The molecule has 2 unspecified atom stereocenters. The van der Waals surface area contributed by atoms with E-state index in [4.69, 9.17) is 0 Å². The Balaban J connectivity index is 2.68. The predicted molar refractivity (Wildman–Crippen MR) is 93.6 cm³/mol. The van der Waals surface area contributed by atoms with Gasteiger partial charge >= 0.3 is 0 Å². The van der Waals surface area contributed by atoms with Crippen LogP contribution in [-0.4, -0.2) is 31.6 Å². The smallest absolute Gasteiger partial charge is 0.0323 e. The van der Waals surface area contributed by atoms with Gasteiger partial charge in [0, 0.05) is 18.6 Å². The standard InChI is InChI=1S/C19H34N2/c1-15(2)12-18(21(5)6)14-20-19(13-16(3)4)17-10-8-7-9-11-17/h7-11,15-16,18-20H,12-14H2,1-6H3. The van der Waals surface area contributed by atoms with Crippen molar-refractivity contribution in [3.63, 3.8) is 0 Å². The van der Waals surface area contributed by atoms with E-state index in [-0.39, 0.29) is 0 Å². The molecule has 1 aromatic carbocycles. The number of hydrogen-bond acceptors (Lipinski definition) is 2. The molecule has 0 aliphatic heterocycles. The Morgan fingerprint density at radius 3 is 1.95 bits per heavy atom. The van der Waals surface area contributed by atoms with Gasteiger partial charge < -0.3 is 10.2 Å². The summed E-state index contributed by atoms with van der Waals surface area (Å²) in [6.07, 6.45) is 2.43. The van der Waals surface area contributed by atoms with Crippen LogP contribution in [0.25, 0.3) is 0 Å². The Morgan fingerprint density at radius 1 is 0.905 bits per heavy atom. The zero-order chi connectivity index (χ0) is 15.8. The van der Waals surface area contributed by atoms with Gasteiger partial charge in [-0.25, -0.2) is 0 Å². The highest BCUT2D eigenvalue weighted by molar-refractivity contribution is 5.19. The van der Waals surface area contributed by atoms with Gasteiger partial charge in [0.15, 0.2) is 0 Å². The molecular formula is C19H34N2. The molecule has 0 spiro atoms. The summed E-state index contributed by atoms with van der Waals surface area (Å²) < 4.78 is 0. The number of nitrogens with zero attached hydrogens (tertiary/aromatic N) is 1. The van der Waals surface area contributed by atoms with Crippen LogP contribution in [-0.2, 0) is 0 Å². The van der Waals surface area contributed by atoms with Crippen LogP contribution in [0.2, 0.25) is 0 Å². The Kier molecular flexibility index (Phi) is 7.98. The molecule has 0 bridgehead atoms. The second kappa shape index (κ2) is 9.22. The summed E-state index contributed by atoms with van der Waals surface area (Å²) in [6.45, 7) is 10.3. The van der Waals surface area contributed by atoms with Gasteiger partial charge in [0.05, 0.1) is 0 Å². The van der Waals surface area contributed by atoms with Crippen LogP contribution in [0.15, 0.2) is 30.3 Å². The number of likely N-dealkylation sites (N-methyl/N-ethyl adjacent to an activating group) is 1. The van der Waals surface area contributed by atoms with E-state index in [2.05, 4.69) is 82.3 Å². The maximum Gasteiger partial charge on any atom is 0.0323 e. The number of hydrogen-bond donors (Lipinski definition) is 1. The molecule has 0 aliphatic carbocycles. The predicted octanol–water partition coefficient (Wildman–Crippen LogP) is 4.34. The zero-order valence-corrected chi connectivity index (χ0v) is 14.8. The van der Waals surface area contributed by atoms with E-state index < -0.39 is 0 Å². The first-order valence-corrected chi connectivity index (χ1v) is 8.34. The van der Waals surface area contributed by atoms with Gasteiger partial charge in [-0.3, -0.25) is 0 Å². The fourth-order valence-corrected chi connectivity index (χ4v) is 2.79. The molecule has 1 rings (SSSR count). The van der Waals surface area contributed by atoms with Gasteiger partial charge in [0.1, 0.15) is 0 Å². The van der Waals surface area contributed by atoms with Gasteiger partial charge in [-0.15, -0.1) is 0 Å². The van der Waals surface area contributed by atoms with E-state index in [1.54, 1.807) is 0 Å². The van der Waals surface area contributed by atoms with E-state index >= 15 is 0 Å². The van der Waals surface area contributed by atoms with Crippen LogP contribution in [0.4, 0.5) is 0 Å². The maximum atomic E-state index is 3.81. The average molecular weight is 290 g/mol. The summed E-state index contributed by atoms with van der Waals surface area (Å²) in [6, 6.07) is 11.9. The van der Waals surface area contributed by atoms with Crippen molar-refractivity contribution in [3.05, 3.63) is 35.9 Å². The summed E-state index contributed by atoms with van der Waals surface area (Å²) in [7, 11) is 4.38. The molecule has 2 heteroatoms. The lowest BCUT2D eigenvalue weighted by Crippen LogP contribution is -2.40. The van der Waals surface area contributed by atoms with Crippen LogP contribution >= 0.6 is 0 Å². The van der Waals surface area contributed by atoms with Crippen molar-refractivity contribution in [1.29, 1.82) is 0 Å². The molecule has 2 atom stereocenters. The summed E-state index contributed by atoms with van der Waals surface area (Å²) in [5.41, 5.74) is 1.41. The van der Waals surface area contributed by atoms with E-state index in [0.29, 0.717) is 18.0 Å². The van der Waals surface area contributed by atoms with Crippen molar-refractivity contribution < 1.29 is 0 Å². The molecule has 0 amide bonds. The lowest BCUT2D eigenvalue weighted by Gasteiger charge is -2.29. The van der Waals surface area contributed by atoms with Crippen LogP contribution < -0.4 is 5.32 Å². The molecule has 0 aromatic heterocycles. The lowest BCUT2D eigenvalue weighted by atomic mass is 9.96. The minimum atomic E-state index is 0.459. The average Bonchev–Trinajstić information content (AvgIpc) is 2.41. The van der Waals surface area contributed by atoms with Crippen molar-refractivity contribution >= 4 is 0 Å². The monoisotopic (exact) mass is 290 g/mol. The van der Waals surface area contributed by atoms with Crippen LogP contribution in [0.1, 0.15) is 52.1 Å². The molecule has 1 N–H and O–H groups in total. The Labute approximate surface area is 131 Å². The van der Waals surface area contributed by atoms with Gasteiger partial charge in [0.25, 0.3) is 0 Å². The molecular weight excluding hydrogens is 256 g/mol. The lowest BCUT2D eigenvalue weighted by molar-refractivity contribution is 0.236. The Bertz CT molecular complexity index is 370. The quantitative estimate of drug-likeness (QED) is 0.728. The largest absolute Gasteiger partial charge is 0.308 e. The highest BCUT2D eigenvalue weighted by Gasteiger charge is 2.17. The third-order valence-electron chi connectivity index (χ3n) is 3.98. The molecule has 120 valence electrons. The number of benzene rings is 1. The molecule has 2 nitrogen and oxygen atoms in total. The van der Waals surface area contributed by atoms with Gasteiger partial charge in [-0.1, -0.05) is 58.0 Å². The van der Waals surface area contributed by atoms with E-state index in [1.807, 2.05) is 0 Å². The van der Waals surface area contributed by atoms with E-state index in [0.717, 1.165) is 12.5 Å². The fourth-order valence-electron chi connectivity index (χ4n) is 2.79. The van der Waals surface area contributed by atoms with Crippen LogP contribution in [0.5, 0.6) is 0 Å². The van der Waals surface area contributed by atoms with Gasteiger partial charge in [-0.2, -0.15) is 0 Å². The molecule has 21 heavy (non-hydrogen) atoms. The first kappa shape index (κ1) is 18.2. The van der Waals surface area contributed by atoms with Gasteiger partial charge in [-0.05, 0) is 44.3 Å². The maximum absolute atomic E-state index is 3.81. The molecule has 0 saturated carbocycles. The normalized spacial score (nSPS) is 14.9. The van der Waals surface area contributed by atoms with Crippen molar-refractivity contribution in [3.8, 4) is 0 Å². The van der Waals surface area contributed by atoms with E-state index in [9.17, 15) is 0 Å². The third kappa shape index (κ3) is 7.10. The van der Waals surface area contributed by atoms with Crippen molar-refractivity contribution in [2.45, 2.75) is 52.6 Å². The zero-order valence-electron chi connectivity index (χ0n) is 14.8. The topological polar surface area (TPSA) is 15.3 Å². The van der Waals surface area contributed by atoms with Crippen LogP contribution in [0, 0.1) is 11.8 Å². The highest BCUT2D eigenvalue weighted by Crippen LogP contribution is 2.21. The first-order valence-electron chi connectivity index (χ1n) is 8.34. The Hall–Kier alpha value is -0.860. The minimum Gasteiger partial charge on any atom is -0.308 e. The summed E-state index contributed by atoms with van der Waals surface area (Å²) >= 11 is 0. The molecule has 0 aliphatic rings. The molecule has 1 aromatic rings. The minimum absolute atomic E-state index is 0.459. The molecule has 0 radical (unpaired) electrons. The van der Waals surface area contributed by atoms with Crippen LogP contribution in [0.3, 0.4) is 0 Å². The highest BCUT2D eigenvalue weighted by atomic mass is 15.1. The summed E-state index contributed by atoms with van der Waals surface area (Å²) in [5, 5.41) is 3.81. The third-order valence-corrected chi connectivity index (χ3v) is 3.98. The second-order valence-electron chi connectivity index (χ2n) is 7.25. The first-order chi connectivity index (χ1) is 9.90. The summed E-state index contributed by atoms with van der Waals surface area (Å²) in [4.78, 5) is 2.35. The number of rotatable bonds is 9. The van der Waals surface area contributed by atoms with E-state index in [1.165, 1.54) is 18.4 Å². The van der Waals surface area contributed by atoms with Crippen molar-refractivity contribution in [2.75, 3.05) is 20.6 Å². The molecule has 0 saturated heterocycles. The summed E-state index contributed by atoms with van der Waals surface area (Å²) in [5.74, 6) is 1.44. The second-order valence-corrected chi connectivity index (χ2v) is 7.25. The number of nitrogens with one attached hydrogen (secondary N) is 1. The molecule has 0 heterocycles. The SMILES string of the molecule is CC(C)CC(NCC(CC(C)C)N(C)C)c1ccccc1. The van der Waals surface area contributed by atoms with Crippen molar-refractivity contribution in [2.24, 2.45) is 11.8 Å².